The molecule has 1 aromatic rings. The van der Waals surface area contributed by atoms with Crippen molar-refractivity contribution in [2.24, 2.45) is 5.41 Å². The molecule has 5 nitrogen and oxygen atoms in total. The molecule has 0 fully saturated rings. The molecule has 0 saturated carbocycles. The summed E-state index contributed by atoms with van der Waals surface area (Å²) in [5.74, 6) is 0.656. The SMILES string of the molecule is CC(C)(C)C(=O)CNC(=O)c1cccc2c1OCCO2. The zero-order valence-electron chi connectivity index (χ0n) is 12.0. The molecule has 1 aromatic carbocycles. The summed E-state index contributed by atoms with van der Waals surface area (Å²) < 4.78 is 10.9. The number of nitrogens with one attached hydrogen (secondary N) is 1. The molecule has 1 heterocycles. The van der Waals surface area contributed by atoms with E-state index in [0.29, 0.717) is 30.3 Å². The summed E-state index contributed by atoms with van der Waals surface area (Å²) in [4.78, 5) is 24.0. The van der Waals surface area contributed by atoms with Crippen LogP contribution in [0, 0.1) is 5.41 Å². The number of para-hydroxylation sites is 1. The van der Waals surface area contributed by atoms with Crippen molar-refractivity contribution in [3.8, 4) is 11.5 Å². The highest BCUT2D eigenvalue weighted by Gasteiger charge is 2.24. The molecular formula is C15H19NO4. The molecule has 20 heavy (non-hydrogen) atoms. The molecule has 0 aromatic heterocycles. The van der Waals surface area contributed by atoms with E-state index in [-0.39, 0.29) is 18.2 Å². The lowest BCUT2D eigenvalue weighted by Gasteiger charge is -2.21. The Labute approximate surface area is 118 Å². The second kappa shape index (κ2) is 5.53. The Kier molecular flexibility index (Phi) is 3.97. The third kappa shape index (κ3) is 3.10. The van der Waals surface area contributed by atoms with Crippen LogP contribution in [-0.4, -0.2) is 31.4 Å². The van der Waals surface area contributed by atoms with Crippen molar-refractivity contribution < 1.29 is 19.1 Å². The van der Waals surface area contributed by atoms with E-state index in [4.69, 9.17) is 9.47 Å². The van der Waals surface area contributed by atoms with Gasteiger partial charge >= 0.3 is 0 Å². The number of rotatable bonds is 3. The zero-order chi connectivity index (χ0) is 14.8. The van der Waals surface area contributed by atoms with Crippen molar-refractivity contribution in [2.75, 3.05) is 19.8 Å². The van der Waals surface area contributed by atoms with Crippen LogP contribution >= 0.6 is 0 Å². The Morgan fingerprint density at radius 3 is 2.60 bits per heavy atom. The fourth-order valence-corrected chi connectivity index (χ4v) is 1.77. The molecule has 0 radical (unpaired) electrons. The topological polar surface area (TPSA) is 64.6 Å². The van der Waals surface area contributed by atoms with E-state index in [9.17, 15) is 9.59 Å². The lowest BCUT2D eigenvalue weighted by molar-refractivity contribution is -0.125. The largest absolute Gasteiger partial charge is 0.486 e. The Bertz CT molecular complexity index is 531. The Balaban J connectivity index is 2.09. The van der Waals surface area contributed by atoms with Crippen LogP contribution in [0.1, 0.15) is 31.1 Å². The van der Waals surface area contributed by atoms with Gasteiger partial charge in [-0.3, -0.25) is 9.59 Å². The summed E-state index contributed by atoms with van der Waals surface area (Å²) in [6, 6.07) is 5.14. The number of amides is 1. The predicted octanol–water partition coefficient (Wildman–Crippen LogP) is 1.80. The molecule has 0 aliphatic carbocycles. The molecule has 108 valence electrons. The fourth-order valence-electron chi connectivity index (χ4n) is 1.77. The van der Waals surface area contributed by atoms with Gasteiger partial charge in [-0.2, -0.15) is 0 Å². The van der Waals surface area contributed by atoms with E-state index >= 15 is 0 Å². The fraction of sp³-hybridized carbons (Fsp3) is 0.467. The van der Waals surface area contributed by atoms with Crippen LogP contribution in [0.4, 0.5) is 0 Å². The Morgan fingerprint density at radius 1 is 1.20 bits per heavy atom. The Morgan fingerprint density at radius 2 is 1.90 bits per heavy atom. The van der Waals surface area contributed by atoms with Gasteiger partial charge in [0, 0.05) is 5.41 Å². The van der Waals surface area contributed by atoms with Gasteiger partial charge in [0.25, 0.3) is 5.91 Å². The number of fused-ring (bicyclic) bond motifs is 1. The molecule has 0 saturated heterocycles. The lowest BCUT2D eigenvalue weighted by Crippen LogP contribution is -2.35. The van der Waals surface area contributed by atoms with Crippen molar-refractivity contribution in [3.63, 3.8) is 0 Å². The second-order valence-corrected chi connectivity index (χ2v) is 5.69. The molecule has 1 aliphatic rings. The monoisotopic (exact) mass is 277 g/mol. The third-order valence-corrected chi connectivity index (χ3v) is 3.06. The van der Waals surface area contributed by atoms with Gasteiger partial charge in [-0.15, -0.1) is 0 Å². The van der Waals surface area contributed by atoms with Crippen molar-refractivity contribution in [3.05, 3.63) is 23.8 Å². The van der Waals surface area contributed by atoms with E-state index in [1.807, 2.05) is 20.8 Å². The predicted molar refractivity (Wildman–Crippen MR) is 74.2 cm³/mol. The van der Waals surface area contributed by atoms with Crippen LogP contribution in [-0.2, 0) is 4.79 Å². The van der Waals surface area contributed by atoms with Gasteiger partial charge in [0.2, 0.25) is 0 Å². The summed E-state index contributed by atoms with van der Waals surface area (Å²) in [6.07, 6.45) is 0. The smallest absolute Gasteiger partial charge is 0.255 e. The highest BCUT2D eigenvalue weighted by molar-refractivity contribution is 6.00. The van der Waals surface area contributed by atoms with Gasteiger partial charge < -0.3 is 14.8 Å². The summed E-state index contributed by atoms with van der Waals surface area (Å²) in [5, 5.41) is 2.63. The number of hydrogen-bond acceptors (Lipinski definition) is 4. The van der Waals surface area contributed by atoms with Crippen LogP contribution in [0.3, 0.4) is 0 Å². The molecule has 2 rings (SSSR count). The molecule has 0 unspecified atom stereocenters. The minimum atomic E-state index is -0.469. The Hall–Kier alpha value is -2.04. The first kappa shape index (κ1) is 14.4. The summed E-state index contributed by atoms with van der Waals surface area (Å²) >= 11 is 0. The maximum absolute atomic E-state index is 12.1. The molecule has 0 bridgehead atoms. The van der Waals surface area contributed by atoms with Crippen molar-refractivity contribution >= 4 is 11.7 Å². The first-order valence-electron chi connectivity index (χ1n) is 6.59. The van der Waals surface area contributed by atoms with Crippen LogP contribution in [0.15, 0.2) is 18.2 Å². The number of ketones is 1. The maximum atomic E-state index is 12.1. The van der Waals surface area contributed by atoms with Gasteiger partial charge in [-0.05, 0) is 12.1 Å². The molecule has 1 N–H and O–H groups in total. The number of benzene rings is 1. The number of Topliss-reactive ketones (excluding diaryl/α,β-unsaturated/α-hetero) is 1. The van der Waals surface area contributed by atoms with Gasteiger partial charge in [-0.25, -0.2) is 0 Å². The standard InChI is InChI=1S/C15H19NO4/c1-15(2,3)12(17)9-16-14(18)10-5-4-6-11-13(10)20-8-7-19-11/h4-6H,7-9H2,1-3H3,(H,16,18). The maximum Gasteiger partial charge on any atom is 0.255 e. The van der Waals surface area contributed by atoms with Crippen molar-refractivity contribution in [1.29, 1.82) is 0 Å². The van der Waals surface area contributed by atoms with E-state index in [0.717, 1.165) is 0 Å². The number of hydrogen-bond donors (Lipinski definition) is 1. The van der Waals surface area contributed by atoms with Crippen LogP contribution in [0.2, 0.25) is 0 Å². The molecule has 0 atom stereocenters. The molecule has 5 heteroatoms. The van der Waals surface area contributed by atoms with Crippen LogP contribution in [0.25, 0.3) is 0 Å². The highest BCUT2D eigenvalue weighted by atomic mass is 16.6. The summed E-state index contributed by atoms with van der Waals surface area (Å²) in [5.41, 5.74) is -0.0767. The van der Waals surface area contributed by atoms with E-state index in [2.05, 4.69) is 5.32 Å². The minimum Gasteiger partial charge on any atom is -0.486 e. The number of carbonyl (C=O) groups excluding carboxylic acids is 2. The zero-order valence-corrected chi connectivity index (χ0v) is 12.0. The molecule has 1 amide bonds. The average Bonchev–Trinajstić information content (AvgIpc) is 2.42. The summed E-state index contributed by atoms with van der Waals surface area (Å²) in [7, 11) is 0. The first-order valence-corrected chi connectivity index (χ1v) is 6.59. The third-order valence-electron chi connectivity index (χ3n) is 3.06. The van der Waals surface area contributed by atoms with Gasteiger partial charge in [0.15, 0.2) is 17.3 Å². The van der Waals surface area contributed by atoms with Gasteiger partial charge in [0.05, 0.1) is 12.1 Å². The first-order chi connectivity index (χ1) is 9.39. The molecule has 0 spiro atoms. The normalized spacial score (nSPS) is 13.8. The second-order valence-electron chi connectivity index (χ2n) is 5.69. The van der Waals surface area contributed by atoms with Gasteiger partial charge in [0.1, 0.15) is 13.2 Å². The molecule has 1 aliphatic heterocycles. The van der Waals surface area contributed by atoms with E-state index in [1.54, 1.807) is 18.2 Å². The van der Waals surface area contributed by atoms with E-state index < -0.39 is 5.41 Å². The van der Waals surface area contributed by atoms with E-state index in [1.165, 1.54) is 0 Å². The van der Waals surface area contributed by atoms with Crippen molar-refractivity contribution in [1.82, 2.24) is 5.32 Å². The van der Waals surface area contributed by atoms with Crippen molar-refractivity contribution in [2.45, 2.75) is 20.8 Å². The highest BCUT2D eigenvalue weighted by Crippen LogP contribution is 2.33. The summed E-state index contributed by atoms with van der Waals surface area (Å²) in [6.45, 7) is 6.36. The lowest BCUT2D eigenvalue weighted by atomic mass is 9.91. The molecular weight excluding hydrogens is 258 g/mol. The minimum absolute atomic E-state index is 0.00680. The van der Waals surface area contributed by atoms with Crippen LogP contribution in [0.5, 0.6) is 11.5 Å². The number of ether oxygens (including phenoxy) is 2. The average molecular weight is 277 g/mol. The van der Waals surface area contributed by atoms with Crippen LogP contribution < -0.4 is 14.8 Å². The van der Waals surface area contributed by atoms with Gasteiger partial charge in [-0.1, -0.05) is 26.8 Å². The number of carbonyl (C=O) groups is 2. The quantitative estimate of drug-likeness (QED) is 0.915.